The second-order valence-electron chi connectivity index (χ2n) is 4.97. The lowest BCUT2D eigenvalue weighted by Crippen LogP contribution is -2.33. The summed E-state index contributed by atoms with van der Waals surface area (Å²) in [4.78, 5) is 0.262. The third-order valence-corrected chi connectivity index (χ3v) is 4.67. The number of benzene rings is 1. The van der Waals surface area contributed by atoms with E-state index in [1.807, 2.05) is 6.07 Å². The Hall–Kier alpha value is -1.07. The maximum atomic E-state index is 11.8. The van der Waals surface area contributed by atoms with Gasteiger partial charge in [0.05, 0.1) is 7.11 Å². The Morgan fingerprint density at radius 2 is 2.11 bits per heavy atom. The van der Waals surface area contributed by atoms with Crippen molar-refractivity contribution in [1.29, 1.82) is 0 Å². The standard InChI is InChI=1S/C13H19NO3S/c1-13(8-5-9-14-13)10-6-4-7-11(12(10)17-2)18(3,15)16/h4,6-7,14H,5,8-9H2,1-3H3. The molecule has 100 valence electrons. The molecule has 1 fully saturated rings. The van der Waals surface area contributed by atoms with Gasteiger partial charge in [0.25, 0.3) is 0 Å². The van der Waals surface area contributed by atoms with E-state index in [2.05, 4.69) is 12.2 Å². The van der Waals surface area contributed by atoms with Crippen LogP contribution in [0.4, 0.5) is 0 Å². The van der Waals surface area contributed by atoms with Gasteiger partial charge in [-0.1, -0.05) is 12.1 Å². The predicted molar refractivity (Wildman–Crippen MR) is 70.7 cm³/mol. The SMILES string of the molecule is COc1c(C2(C)CCCN2)cccc1S(C)(=O)=O. The first-order valence-electron chi connectivity index (χ1n) is 6.01. The number of sulfone groups is 1. The summed E-state index contributed by atoms with van der Waals surface area (Å²) in [6, 6.07) is 5.31. The van der Waals surface area contributed by atoms with Crippen molar-refractivity contribution >= 4 is 9.84 Å². The summed E-state index contributed by atoms with van der Waals surface area (Å²) in [5.41, 5.74) is 0.719. The first kappa shape index (κ1) is 13.4. The van der Waals surface area contributed by atoms with Gasteiger partial charge in [-0.15, -0.1) is 0 Å². The molecule has 5 heteroatoms. The van der Waals surface area contributed by atoms with Crippen LogP contribution < -0.4 is 10.1 Å². The Bertz CT molecular complexity index is 545. The van der Waals surface area contributed by atoms with Crippen LogP contribution in [-0.4, -0.2) is 28.3 Å². The molecule has 1 aromatic carbocycles. The molecule has 1 aliphatic rings. The lowest BCUT2D eigenvalue weighted by atomic mass is 9.90. The van der Waals surface area contributed by atoms with E-state index in [9.17, 15) is 8.42 Å². The zero-order valence-corrected chi connectivity index (χ0v) is 11.8. The van der Waals surface area contributed by atoms with E-state index in [4.69, 9.17) is 4.74 Å². The van der Waals surface area contributed by atoms with Crippen LogP contribution >= 0.6 is 0 Å². The molecule has 0 amide bonds. The molecule has 0 aromatic heterocycles. The van der Waals surface area contributed by atoms with Crippen molar-refractivity contribution in [2.24, 2.45) is 0 Å². The van der Waals surface area contributed by atoms with Crippen LogP contribution in [0.2, 0.25) is 0 Å². The van der Waals surface area contributed by atoms with E-state index in [0.717, 1.165) is 24.9 Å². The fourth-order valence-corrected chi connectivity index (χ4v) is 3.43. The second-order valence-corrected chi connectivity index (χ2v) is 6.96. The highest BCUT2D eigenvalue weighted by molar-refractivity contribution is 7.90. The molecule has 1 saturated heterocycles. The van der Waals surface area contributed by atoms with Crippen molar-refractivity contribution in [3.8, 4) is 5.75 Å². The molecule has 2 rings (SSSR count). The van der Waals surface area contributed by atoms with E-state index >= 15 is 0 Å². The molecule has 1 atom stereocenters. The molecule has 0 radical (unpaired) electrons. The number of nitrogens with one attached hydrogen (secondary N) is 1. The summed E-state index contributed by atoms with van der Waals surface area (Å²) in [7, 11) is -1.76. The van der Waals surface area contributed by atoms with Gasteiger partial charge in [0.15, 0.2) is 9.84 Å². The number of hydrogen-bond donors (Lipinski definition) is 1. The molecule has 1 aliphatic heterocycles. The Morgan fingerprint density at radius 1 is 1.39 bits per heavy atom. The van der Waals surface area contributed by atoms with Crippen molar-refractivity contribution in [3.63, 3.8) is 0 Å². The summed E-state index contributed by atoms with van der Waals surface area (Å²) in [5, 5.41) is 3.43. The number of ether oxygens (including phenoxy) is 1. The molecule has 4 nitrogen and oxygen atoms in total. The van der Waals surface area contributed by atoms with Crippen molar-refractivity contribution in [3.05, 3.63) is 23.8 Å². The number of methoxy groups -OCH3 is 1. The van der Waals surface area contributed by atoms with Gasteiger partial charge in [-0.2, -0.15) is 0 Å². The van der Waals surface area contributed by atoms with Crippen LogP contribution in [0.5, 0.6) is 5.75 Å². The van der Waals surface area contributed by atoms with Crippen molar-refractivity contribution in [2.45, 2.75) is 30.2 Å². The van der Waals surface area contributed by atoms with E-state index in [1.165, 1.54) is 13.4 Å². The van der Waals surface area contributed by atoms with E-state index in [0.29, 0.717) is 5.75 Å². The molecule has 18 heavy (non-hydrogen) atoms. The molecular formula is C13H19NO3S. The Labute approximate surface area is 108 Å². The smallest absolute Gasteiger partial charge is 0.179 e. The highest BCUT2D eigenvalue weighted by Gasteiger charge is 2.34. The normalized spacial score (nSPS) is 24.2. The van der Waals surface area contributed by atoms with Crippen LogP contribution in [0.1, 0.15) is 25.3 Å². The minimum absolute atomic E-state index is 0.202. The average molecular weight is 269 g/mol. The summed E-state index contributed by atoms with van der Waals surface area (Å²) in [6.45, 7) is 3.03. The van der Waals surface area contributed by atoms with E-state index in [1.54, 1.807) is 12.1 Å². The Kier molecular flexibility index (Phi) is 3.38. The first-order valence-corrected chi connectivity index (χ1v) is 7.90. The highest BCUT2D eigenvalue weighted by atomic mass is 32.2. The molecule has 0 spiro atoms. The van der Waals surface area contributed by atoms with Gasteiger partial charge in [0.1, 0.15) is 10.6 Å². The largest absolute Gasteiger partial charge is 0.495 e. The summed E-state index contributed by atoms with van der Waals surface area (Å²) in [5.74, 6) is 0.469. The van der Waals surface area contributed by atoms with Gasteiger partial charge in [0.2, 0.25) is 0 Å². The zero-order chi connectivity index (χ0) is 13.4. The first-order chi connectivity index (χ1) is 8.38. The van der Waals surface area contributed by atoms with Gasteiger partial charge in [-0.05, 0) is 32.4 Å². The molecule has 0 saturated carbocycles. The predicted octanol–water partition coefficient (Wildman–Crippen LogP) is 1.70. The van der Waals surface area contributed by atoms with Crippen molar-refractivity contribution < 1.29 is 13.2 Å². The average Bonchev–Trinajstić information content (AvgIpc) is 2.75. The fourth-order valence-electron chi connectivity index (χ4n) is 2.58. The molecule has 1 aromatic rings. The summed E-state index contributed by atoms with van der Waals surface area (Å²) >= 11 is 0. The Morgan fingerprint density at radius 3 is 2.61 bits per heavy atom. The van der Waals surface area contributed by atoms with Crippen LogP contribution in [0, 0.1) is 0 Å². The summed E-state index contributed by atoms with van der Waals surface area (Å²) in [6.07, 6.45) is 3.28. The van der Waals surface area contributed by atoms with Gasteiger partial charge >= 0.3 is 0 Å². The third-order valence-electron chi connectivity index (χ3n) is 3.55. The Balaban J connectivity index is 2.62. The maximum Gasteiger partial charge on any atom is 0.179 e. The minimum atomic E-state index is -3.28. The van der Waals surface area contributed by atoms with Crippen LogP contribution in [-0.2, 0) is 15.4 Å². The fraction of sp³-hybridized carbons (Fsp3) is 0.538. The van der Waals surface area contributed by atoms with E-state index in [-0.39, 0.29) is 10.4 Å². The highest BCUT2D eigenvalue weighted by Crippen LogP contribution is 2.39. The van der Waals surface area contributed by atoms with E-state index < -0.39 is 9.84 Å². The quantitative estimate of drug-likeness (QED) is 0.907. The second kappa shape index (κ2) is 4.55. The number of rotatable bonds is 3. The topological polar surface area (TPSA) is 55.4 Å². The monoisotopic (exact) mass is 269 g/mol. The molecule has 1 heterocycles. The van der Waals surface area contributed by atoms with Crippen LogP contribution in [0.25, 0.3) is 0 Å². The van der Waals surface area contributed by atoms with Gasteiger partial charge in [-0.3, -0.25) is 0 Å². The molecule has 0 aliphatic carbocycles. The lowest BCUT2D eigenvalue weighted by molar-refractivity contribution is 0.362. The van der Waals surface area contributed by atoms with Crippen LogP contribution in [0.15, 0.2) is 23.1 Å². The zero-order valence-electron chi connectivity index (χ0n) is 11.0. The minimum Gasteiger partial charge on any atom is -0.495 e. The molecule has 0 bridgehead atoms. The van der Waals surface area contributed by atoms with Crippen molar-refractivity contribution in [2.75, 3.05) is 19.9 Å². The van der Waals surface area contributed by atoms with Gasteiger partial charge < -0.3 is 10.1 Å². The summed E-state index contributed by atoms with van der Waals surface area (Å²) < 4.78 is 28.9. The molecule has 1 unspecified atom stereocenters. The van der Waals surface area contributed by atoms with Gasteiger partial charge in [-0.25, -0.2) is 8.42 Å². The molecule has 1 N–H and O–H groups in total. The number of para-hydroxylation sites is 1. The number of hydrogen-bond acceptors (Lipinski definition) is 4. The van der Waals surface area contributed by atoms with Crippen molar-refractivity contribution in [1.82, 2.24) is 5.32 Å². The third kappa shape index (κ3) is 2.24. The maximum absolute atomic E-state index is 11.8. The van der Waals surface area contributed by atoms with Crippen LogP contribution in [0.3, 0.4) is 0 Å². The van der Waals surface area contributed by atoms with Gasteiger partial charge in [0, 0.05) is 17.4 Å². The molecular weight excluding hydrogens is 250 g/mol. The lowest BCUT2D eigenvalue weighted by Gasteiger charge is -2.27.